The summed E-state index contributed by atoms with van der Waals surface area (Å²) in [5.74, 6) is 2.11. The zero-order valence-corrected chi connectivity index (χ0v) is 18.3. The second kappa shape index (κ2) is 9.18. The first-order valence-corrected chi connectivity index (χ1v) is 11.1. The summed E-state index contributed by atoms with van der Waals surface area (Å²) in [6, 6.07) is 15.3. The minimum absolute atomic E-state index is 0.0417. The molecule has 0 radical (unpaired) electrons. The lowest BCUT2D eigenvalue weighted by molar-refractivity contribution is 0.141. The van der Waals surface area contributed by atoms with Gasteiger partial charge >= 0.3 is 0 Å². The van der Waals surface area contributed by atoms with Gasteiger partial charge in [-0.25, -0.2) is 4.98 Å². The Labute approximate surface area is 179 Å². The molecule has 30 heavy (non-hydrogen) atoms. The predicted molar refractivity (Wildman–Crippen MR) is 117 cm³/mol. The highest BCUT2D eigenvalue weighted by molar-refractivity contribution is 7.89. The number of ether oxygens (including phenoxy) is 2. The fourth-order valence-corrected chi connectivity index (χ4v) is 4.83. The summed E-state index contributed by atoms with van der Waals surface area (Å²) in [7, 11) is 3.26. The molecule has 0 N–H and O–H groups in total. The number of nitrogens with zero attached hydrogens (tertiary/aromatic N) is 4. The van der Waals surface area contributed by atoms with Crippen LogP contribution in [0.25, 0.3) is 10.9 Å². The van der Waals surface area contributed by atoms with Gasteiger partial charge in [0.15, 0.2) is 4.90 Å². The highest BCUT2D eigenvalue weighted by Gasteiger charge is 2.30. The normalized spacial score (nSPS) is 17.6. The maximum absolute atomic E-state index is 12.9. The number of rotatable bonds is 6. The smallest absolute Gasteiger partial charge is 0.224 e. The molecule has 158 valence electrons. The van der Waals surface area contributed by atoms with Crippen LogP contribution in [0.5, 0.6) is 11.6 Å². The van der Waals surface area contributed by atoms with Gasteiger partial charge in [0.2, 0.25) is 5.88 Å². The van der Waals surface area contributed by atoms with Crippen molar-refractivity contribution in [3.05, 3.63) is 54.4 Å². The molecule has 7 nitrogen and oxygen atoms in total. The molecule has 2 atom stereocenters. The lowest BCUT2D eigenvalue weighted by Gasteiger charge is -2.36. The molecule has 1 aromatic heterocycles. The molecule has 0 amide bonds. The van der Waals surface area contributed by atoms with Crippen molar-refractivity contribution < 1.29 is 14.0 Å². The van der Waals surface area contributed by atoms with Crippen molar-refractivity contribution in [1.82, 2.24) is 19.2 Å². The Hall–Kier alpha value is -2.39. The summed E-state index contributed by atoms with van der Waals surface area (Å²) in [6.45, 7) is 5.13. The van der Waals surface area contributed by atoms with E-state index >= 15 is 0 Å². The standard InChI is InChI=1S/C22H26N4O3S/c1-16(21-23-20-7-5-4-6-19(20)22(24-21)29-3)25-12-14-26(15-13-25)30(27)18-10-8-17(28-2)9-11-18/h4-11,16H,12-15H2,1-3H3. The molecule has 1 saturated heterocycles. The average molecular weight is 427 g/mol. The molecule has 2 unspecified atom stereocenters. The zero-order chi connectivity index (χ0) is 21.1. The van der Waals surface area contributed by atoms with Gasteiger partial charge in [0, 0.05) is 13.1 Å². The van der Waals surface area contributed by atoms with Crippen LogP contribution in [-0.2, 0) is 11.4 Å². The van der Waals surface area contributed by atoms with Crippen LogP contribution < -0.4 is 9.47 Å². The Bertz CT molecular complexity index is 993. The lowest BCUT2D eigenvalue weighted by atomic mass is 10.2. The first-order valence-electron chi connectivity index (χ1n) is 9.96. The highest BCUT2D eigenvalue weighted by Crippen LogP contribution is 2.27. The van der Waals surface area contributed by atoms with Crippen molar-refractivity contribution in [2.24, 2.45) is 0 Å². The molecule has 0 saturated carbocycles. The van der Waals surface area contributed by atoms with E-state index in [0.29, 0.717) is 19.0 Å². The second-order valence-electron chi connectivity index (χ2n) is 7.17. The van der Waals surface area contributed by atoms with Crippen molar-refractivity contribution in [1.29, 1.82) is 0 Å². The average Bonchev–Trinajstić information content (AvgIpc) is 2.82. The summed E-state index contributed by atoms with van der Waals surface area (Å²) >= 11 is -1.18. The van der Waals surface area contributed by atoms with E-state index in [0.717, 1.165) is 40.5 Å². The van der Waals surface area contributed by atoms with E-state index in [9.17, 15) is 4.55 Å². The molecular formula is C22H26N4O3S. The van der Waals surface area contributed by atoms with Crippen LogP contribution in [0, 0.1) is 0 Å². The fourth-order valence-electron chi connectivity index (χ4n) is 3.67. The van der Waals surface area contributed by atoms with E-state index in [2.05, 4.69) is 16.8 Å². The van der Waals surface area contributed by atoms with Crippen LogP contribution >= 0.6 is 0 Å². The van der Waals surface area contributed by atoms with E-state index < -0.39 is 11.4 Å². The van der Waals surface area contributed by atoms with Gasteiger partial charge in [0.1, 0.15) is 11.6 Å². The van der Waals surface area contributed by atoms with Crippen LogP contribution in [0.1, 0.15) is 18.8 Å². The molecule has 0 spiro atoms. The van der Waals surface area contributed by atoms with Gasteiger partial charge in [-0.3, -0.25) is 4.90 Å². The van der Waals surface area contributed by atoms with E-state index in [1.54, 1.807) is 14.2 Å². The molecule has 2 aromatic carbocycles. The topological polar surface area (TPSA) is 73.8 Å². The van der Waals surface area contributed by atoms with E-state index in [4.69, 9.17) is 14.5 Å². The van der Waals surface area contributed by atoms with Crippen molar-refractivity contribution in [2.45, 2.75) is 17.9 Å². The quantitative estimate of drug-likeness (QED) is 0.561. The summed E-state index contributed by atoms with van der Waals surface area (Å²) in [6.07, 6.45) is 0. The van der Waals surface area contributed by atoms with Crippen LogP contribution in [0.3, 0.4) is 0 Å². The van der Waals surface area contributed by atoms with Crippen LogP contribution in [0.15, 0.2) is 53.4 Å². The maximum Gasteiger partial charge on any atom is 0.224 e. The first kappa shape index (κ1) is 20.9. The van der Waals surface area contributed by atoms with Crippen molar-refractivity contribution in [3.8, 4) is 11.6 Å². The number of hydrogen-bond acceptors (Lipinski definition) is 7. The molecular weight excluding hydrogens is 400 g/mol. The summed E-state index contributed by atoms with van der Waals surface area (Å²) < 4.78 is 25.6. The summed E-state index contributed by atoms with van der Waals surface area (Å²) in [5, 5.41) is 0.913. The van der Waals surface area contributed by atoms with Crippen molar-refractivity contribution >= 4 is 22.3 Å². The summed E-state index contributed by atoms with van der Waals surface area (Å²) in [4.78, 5) is 12.5. The third kappa shape index (κ3) is 4.22. The van der Waals surface area contributed by atoms with E-state index in [1.807, 2.05) is 52.8 Å². The largest absolute Gasteiger partial charge is 0.593 e. The van der Waals surface area contributed by atoms with Crippen molar-refractivity contribution in [3.63, 3.8) is 0 Å². The first-order chi connectivity index (χ1) is 14.6. The molecule has 1 aliphatic rings. The van der Waals surface area contributed by atoms with Crippen LogP contribution in [0.4, 0.5) is 0 Å². The molecule has 8 heteroatoms. The number of benzene rings is 2. The molecule has 0 aliphatic carbocycles. The van der Waals surface area contributed by atoms with Gasteiger partial charge < -0.3 is 14.0 Å². The number of para-hydroxylation sites is 1. The Kier molecular flexibility index (Phi) is 6.38. The second-order valence-corrected chi connectivity index (χ2v) is 8.66. The molecule has 1 fully saturated rings. The maximum atomic E-state index is 12.9. The number of aromatic nitrogens is 2. The van der Waals surface area contributed by atoms with Gasteiger partial charge in [0.05, 0.1) is 55.6 Å². The third-order valence-corrected chi connectivity index (χ3v) is 6.98. The number of hydrogen-bond donors (Lipinski definition) is 0. The third-order valence-electron chi connectivity index (χ3n) is 5.47. The van der Waals surface area contributed by atoms with E-state index in [1.165, 1.54) is 0 Å². The minimum atomic E-state index is -1.18. The zero-order valence-electron chi connectivity index (χ0n) is 17.4. The number of piperazine rings is 1. The number of fused-ring (bicyclic) bond motifs is 1. The SMILES string of the molecule is COc1ccc([S+]([O-])N2CCN(C(C)c3nc(OC)c4ccccc4n3)CC2)cc1. The molecule has 1 aliphatic heterocycles. The highest BCUT2D eigenvalue weighted by atomic mass is 32.2. The number of methoxy groups -OCH3 is 2. The lowest BCUT2D eigenvalue weighted by Crippen LogP contribution is -2.49. The van der Waals surface area contributed by atoms with E-state index in [-0.39, 0.29) is 6.04 Å². The Morgan fingerprint density at radius 1 is 0.933 bits per heavy atom. The van der Waals surface area contributed by atoms with Crippen LogP contribution in [0.2, 0.25) is 0 Å². The van der Waals surface area contributed by atoms with Gasteiger partial charge in [0.25, 0.3) is 0 Å². The Morgan fingerprint density at radius 3 is 2.30 bits per heavy atom. The molecule has 3 aromatic rings. The fraction of sp³-hybridized carbons (Fsp3) is 0.364. The summed E-state index contributed by atoms with van der Waals surface area (Å²) in [5.41, 5.74) is 0.880. The van der Waals surface area contributed by atoms with Gasteiger partial charge in [-0.1, -0.05) is 12.1 Å². The monoisotopic (exact) mass is 426 g/mol. The molecule has 0 bridgehead atoms. The minimum Gasteiger partial charge on any atom is -0.593 e. The van der Waals surface area contributed by atoms with Crippen LogP contribution in [-0.4, -0.2) is 64.1 Å². The Morgan fingerprint density at radius 2 is 1.63 bits per heavy atom. The van der Waals surface area contributed by atoms with Gasteiger partial charge in [-0.05, 0) is 43.3 Å². The van der Waals surface area contributed by atoms with Crippen molar-refractivity contribution in [2.75, 3.05) is 40.4 Å². The van der Waals surface area contributed by atoms with Gasteiger partial charge in [-0.15, -0.1) is 4.31 Å². The molecule has 2 heterocycles. The Balaban J connectivity index is 1.44. The molecule has 4 rings (SSSR count). The predicted octanol–water partition coefficient (Wildman–Crippen LogP) is 3.05. The van der Waals surface area contributed by atoms with Gasteiger partial charge in [-0.2, -0.15) is 4.98 Å².